The van der Waals surface area contributed by atoms with Gasteiger partial charge in [0.25, 0.3) is 0 Å². The Morgan fingerprint density at radius 2 is 1.95 bits per heavy atom. The van der Waals surface area contributed by atoms with E-state index in [4.69, 9.17) is 21.1 Å². The Hall–Kier alpha value is -1.37. The van der Waals surface area contributed by atoms with Crippen LogP contribution in [0.3, 0.4) is 0 Å². The van der Waals surface area contributed by atoms with Gasteiger partial charge in [0.05, 0.1) is 19.3 Å². The molecule has 0 radical (unpaired) electrons. The maximum Gasteiger partial charge on any atom is 0.409 e. The molecule has 1 aromatic rings. The van der Waals surface area contributed by atoms with Gasteiger partial charge in [-0.1, -0.05) is 30.3 Å². The van der Waals surface area contributed by atoms with Crippen molar-refractivity contribution >= 4 is 16.8 Å². The molecule has 1 atom stereocenters. The fourth-order valence-electron chi connectivity index (χ4n) is 1.42. The van der Waals surface area contributed by atoms with Crippen LogP contribution >= 0.6 is 11.6 Å². The van der Waals surface area contributed by atoms with Gasteiger partial charge in [-0.25, -0.2) is 0 Å². The van der Waals surface area contributed by atoms with E-state index in [1.807, 2.05) is 30.3 Å². The molecule has 0 saturated carbocycles. The Balaban J connectivity index is 2.48. The number of allylic oxidation sites excluding steroid dienone is 1. The minimum atomic E-state index is -4.45. The smallest absolute Gasteiger partial charge is 0.374 e. The summed E-state index contributed by atoms with van der Waals surface area (Å²) >= 11 is 5.09. The number of carbonyl (C=O) groups is 1. The number of carbonyl (C=O) groups excluding carboxylic acids is 1. The zero-order valence-corrected chi connectivity index (χ0v) is 11.7. The molecule has 0 aliphatic heterocycles. The normalized spacial score (nSPS) is 13.5. The summed E-state index contributed by atoms with van der Waals surface area (Å²) in [5.41, 5.74) is 0.879. The molecule has 0 spiro atoms. The third-order valence-electron chi connectivity index (χ3n) is 2.30. The van der Waals surface area contributed by atoms with Crippen LogP contribution in [-0.2, 0) is 20.9 Å². The Bertz CT molecular complexity index is 460. The van der Waals surface area contributed by atoms with Gasteiger partial charge in [0, 0.05) is 6.08 Å². The summed E-state index contributed by atoms with van der Waals surface area (Å²) in [7, 11) is 0. The first-order valence-corrected chi connectivity index (χ1v) is 6.42. The lowest BCUT2D eigenvalue weighted by molar-refractivity contribution is -0.118. The van der Waals surface area contributed by atoms with Crippen LogP contribution in [0.25, 0.3) is 0 Å². The summed E-state index contributed by atoms with van der Waals surface area (Å²) < 4.78 is 46.6. The minimum absolute atomic E-state index is 0.0439. The van der Waals surface area contributed by atoms with E-state index in [2.05, 4.69) is 0 Å². The van der Waals surface area contributed by atoms with Crippen LogP contribution in [0, 0.1) is 0 Å². The molecule has 21 heavy (non-hydrogen) atoms. The summed E-state index contributed by atoms with van der Waals surface area (Å²) in [6, 6.07) is 9.13. The van der Waals surface area contributed by atoms with Gasteiger partial charge in [-0.3, -0.25) is 4.79 Å². The average Bonchev–Trinajstić information content (AvgIpc) is 2.41. The highest BCUT2D eigenvalue weighted by Crippen LogP contribution is 2.17. The second kappa shape index (κ2) is 8.81. The zero-order chi connectivity index (χ0) is 15.7. The van der Waals surface area contributed by atoms with Crippen molar-refractivity contribution in [3.63, 3.8) is 0 Å². The molecule has 0 aliphatic carbocycles. The summed E-state index contributed by atoms with van der Waals surface area (Å²) in [4.78, 5) is 10.6. The fraction of sp³-hybridized carbons (Fsp3) is 0.357. The third-order valence-corrected chi connectivity index (χ3v) is 2.41. The highest BCUT2D eigenvalue weighted by molar-refractivity contribution is 6.63. The highest BCUT2D eigenvalue weighted by Gasteiger charge is 2.23. The van der Waals surface area contributed by atoms with E-state index in [1.165, 1.54) is 0 Å². The standard InChI is InChI=1S/C14H14ClF3O3/c15-13(19)10-21-12(6-7-14(16,17)18)9-20-8-11-4-2-1-3-5-11/h1-7,12H,8-10H2/b7-6-/t12-/m1/s1. The maximum atomic E-state index is 12.1. The molecule has 0 aliphatic rings. The molecule has 0 N–H and O–H groups in total. The van der Waals surface area contributed by atoms with Crippen LogP contribution in [0.4, 0.5) is 13.2 Å². The average molecular weight is 323 g/mol. The van der Waals surface area contributed by atoms with Gasteiger partial charge in [-0.05, 0) is 23.2 Å². The molecular formula is C14H14ClF3O3. The van der Waals surface area contributed by atoms with Crippen LogP contribution in [-0.4, -0.2) is 30.7 Å². The molecule has 0 unspecified atom stereocenters. The lowest BCUT2D eigenvalue weighted by Gasteiger charge is -2.14. The molecule has 0 fully saturated rings. The Kier molecular flexibility index (Phi) is 7.42. The first-order chi connectivity index (χ1) is 9.87. The van der Waals surface area contributed by atoms with Crippen molar-refractivity contribution in [1.29, 1.82) is 0 Å². The van der Waals surface area contributed by atoms with Gasteiger partial charge in [0.1, 0.15) is 6.61 Å². The second-order valence-corrected chi connectivity index (χ2v) is 4.53. The van der Waals surface area contributed by atoms with Gasteiger partial charge in [-0.15, -0.1) is 0 Å². The number of ether oxygens (including phenoxy) is 2. The molecule has 116 valence electrons. The first-order valence-electron chi connectivity index (χ1n) is 6.04. The molecule has 3 nitrogen and oxygen atoms in total. The number of alkyl halides is 3. The van der Waals surface area contributed by atoms with Crippen LogP contribution in [0.1, 0.15) is 5.56 Å². The van der Waals surface area contributed by atoms with Gasteiger partial charge >= 0.3 is 6.18 Å². The Morgan fingerprint density at radius 3 is 2.52 bits per heavy atom. The predicted octanol–water partition coefficient (Wildman–Crippen LogP) is 3.47. The topological polar surface area (TPSA) is 35.5 Å². The summed E-state index contributed by atoms with van der Waals surface area (Å²) in [5, 5.41) is -0.788. The lowest BCUT2D eigenvalue weighted by atomic mass is 10.2. The summed E-state index contributed by atoms with van der Waals surface area (Å²) in [5.74, 6) is 0. The minimum Gasteiger partial charge on any atom is -0.374 e. The van der Waals surface area contributed by atoms with E-state index in [0.29, 0.717) is 0 Å². The largest absolute Gasteiger partial charge is 0.409 e. The van der Waals surface area contributed by atoms with Crippen LogP contribution < -0.4 is 0 Å². The number of benzene rings is 1. The zero-order valence-electron chi connectivity index (χ0n) is 11.0. The SMILES string of the molecule is O=C(Cl)CO[C@H](/C=C\C(F)(F)F)COCc1ccccc1. The first kappa shape index (κ1) is 17.7. The van der Waals surface area contributed by atoms with E-state index in [1.54, 1.807) is 0 Å². The van der Waals surface area contributed by atoms with E-state index in [9.17, 15) is 18.0 Å². The summed E-state index contributed by atoms with van der Waals surface area (Å²) in [6.07, 6.45) is -4.61. The van der Waals surface area contributed by atoms with Crippen molar-refractivity contribution in [3.8, 4) is 0 Å². The molecule has 0 amide bonds. The van der Waals surface area contributed by atoms with Crippen LogP contribution in [0.5, 0.6) is 0 Å². The summed E-state index contributed by atoms with van der Waals surface area (Å²) in [6.45, 7) is -0.371. The Morgan fingerprint density at radius 1 is 1.29 bits per heavy atom. The maximum absolute atomic E-state index is 12.1. The molecule has 7 heteroatoms. The fourth-order valence-corrected chi connectivity index (χ4v) is 1.48. The highest BCUT2D eigenvalue weighted by atomic mass is 35.5. The number of halogens is 4. The van der Waals surface area contributed by atoms with Gasteiger partial charge < -0.3 is 9.47 Å². The number of rotatable bonds is 8. The molecule has 0 heterocycles. The molecule has 0 saturated heterocycles. The van der Waals surface area contributed by atoms with Gasteiger partial charge in [-0.2, -0.15) is 13.2 Å². The van der Waals surface area contributed by atoms with Crippen LogP contribution in [0.15, 0.2) is 42.5 Å². The van der Waals surface area contributed by atoms with Crippen molar-refractivity contribution in [1.82, 2.24) is 0 Å². The van der Waals surface area contributed by atoms with Crippen molar-refractivity contribution in [2.24, 2.45) is 0 Å². The van der Waals surface area contributed by atoms with Crippen molar-refractivity contribution in [2.75, 3.05) is 13.2 Å². The third kappa shape index (κ3) is 9.23. The van der Waals surface area contributed by atoms with E-state index < -0.39 is 24.1 Å². The van der Waals surface area contributed by atoms with E-state index in [-0.39, 0.29) is 19.3 Å². The number of hydrogen-bond acceptors (Lipinski definition) is 3. The molecule has 0 bridgehead atoms. The van der Waals surface area contributed by atoms with E-state index in [0.717, 1.165) is 11.6 Å². The molecule has 0 aromatic heterocycles. The van der Waals surface area contributed by atoms with Crippen molar-refractivity contribution in [2.45, 2.75) is 18.9 Å². The quantitative estimate of drug-likeness (QED) is 0.543. The molecule has 1 aromatic carbocycles. The van der Waals surface area contributed by atoms with Crippen molar-refractivity contribution in [3.05, 3.63) is 48.0 Å². The monoisotopic (exact) mass is 322 g/mol. The molecule has 1 rings (SSSR count). The van der Waals surface area contributed by atoms with E-state index >= 15 is 0 Å². The van der Waals surface area contributed by atoms with Gasteiger partial charge in [0.2, 0.25) is 5.24 Å². The Labute approximate surface area is 125 Å². The number of hydrogen-bond donors (Lipinski definition) is 0. The second-order valence-electron chi connectivity index (χ2n) is 4.11. The predicted molar refractivity (Wildman–Crippen MR) is 71.9 cm³/mol. The lowest BCUT2D eigenvalue weighted by Crippen LogP contribution is -2.21. The molecular weight excluding hydrogens is 309 g/mol. The van der Waals surface area contributed by atoms with Gasteiger partial charge in [0.15, 0.2) is 0 Å². The van der Waals surface area contributed by atoms with Crippen LogP contribution in [0.2, 0.25) is 0 Å². The van der Waals surface area contributed by atoms with Crippen molar-refractivity contribution < 1.29 is 27.4 Å².